The Labute approximate surface area is 125 Å². The average Bonchev–Trinajstić information content (AvgIpc) is 3.08. The molecule has 0 saturated heterocycles. The van der Waals surface area contributed by atoms with Gasteiger partial charge < -0.3 is 0 Å². The maximum Gasteiger partial charge on any atom is -0.0131 e. The Bertz CT molecular complexity index is 381. The zero-order chi connectivity index (χ0) is 14.2. The van der Waals surface area contributed by atoms with Crippen molar-refractivity contribution in [2.75, 3.05) is 0 Å². The summed E-state index contributed by atoms with van der Waals surface area (Å²) in [5.41, 5.74) is 0.539. The molecular formula is C20H32. The van der Waals surface area contributed by atoms with Crippen LogP contribution in [0.2, 0.25) is 0 Å². The van der Waals surface area contributed by atoms with Gasteiger partial charge in [-0.1, -0.05) is 70.8 Å². The van der Waals surface area contributed by atoms with Crippen molar-refractivity contribution in [2.45, 2.75) is 65.7 Å². The molecule has 0 N–H and O–H groups in total. The predicted molar refractivity (Wildman–Crippen MR) is 87.5 cm³/mol. The van der Waals surface area contributed by atoms with Crippen LogP contribution in [-0.4, -0.2) is 0 Å². The van der Waals surface area contributed by atoms with Crippen molar-refractivity contribution in [1.82, 2.24) is 0 Å². The third-order valence-electron chi connectivity index (χ3n) is 6.81. The van der Waals surface area contributed by atoms with Crippen LogP contribution in [0.4, 0.5) is 0 Å². The first kappa shape index (κ1) is 14.4. The van der Waals surface area contributed by atoms with Gasteiger partial charge in [0.25, 0.3) is 0 Å². The molecule has 2 fully saturated rings. The molecule has 0 spiro atoms. The van der Waals surface area contributed by atoms with E-state index in [1.807, 2.05) is 0 Å². The van der Waals surface area contributed by atoms with E-state index in [9.17, 15) is 0 Å². The molecule has 0 heterocycles. The molecule has 0 amide bonds. The molecule has 112 valence electrons. The molecule has 3 aliphatic carbocycles. The number of hydrogen-bond acceptors (Lipinski definition) is 0. The zero-order valence-corrected chi connectivity index (χ0v) is 13.6. The van der Waals surface area contributed by atoms with Crippen LogP contribution >= 0.6 is 0 Å². The van der Waals surface area contributed by atoms with E-state index in [0.717, 1.165) is 29.6 Å². The van der Waals surface area contributed by atoms with Crippen LogP contribution in [0, 0.1) is 35.0 Å². The predicted octanol–water partition coefficient (Wildman–Crippen LogP) is 6.00. The van der Waals surface area contributed by atoms with E-state index in [-0.39, 0.29) is 0 Å². The molecule has 0 radical (unpaired) electrons. The highest BCUT2D eigenvalue weighted by atomic mass is 14.5. The third kappa shape index (κ3) is 2.40. The molecule has 0 nitrogen and oxygen atoms in total. The zero-order valence-electron chi connectivity index (χ0n) is 13.6. The summed E-state index contributed by atoms with van der Waals surface area (Å²) < 4.78 is 0. The van der Waals surface area contributed by atoms with Gasteiger partial charge in [0.1, 0.15) is 0 Å². The largest absolute Gasteiger partial charge is 0.0806 e. The summed E-state index contributed by atoms with van der Waals surface area (Å²) in [5.74, 6) is 4.50. The van der Waals surface area contributed by atoms with Gasteiger partial charge in [0.2, 0.25) is 0 Å². The summed E-state index contributed by atoms with van der Waals surface area (Å²) in [6.45, 7) is 7.53. The summed E-state index contributed by atoms with van der Waals surface area (Å²) in [6.07, 6.45) is 19.9. The minimum Gasteiger partial charge on any atom is -0.0806 e. The van der Waals surface area contributed by atoms with Crippen molar-refractivity contribution >= 4 is 0 Å². The van der Waals surface area contributed by atoms with Crippen LogP contribution in [0.25, 0.3) is 0 Å². The van der Waals surface area contributed by atoms with Crippen molar-refractivity contribution in [1.29, 1.82) is 0 Å². The average molecular weight is 272 g/mol. The summed E-state index contributed by atoms with van der Waals surface area (Å²) in [5, 5.41) is 0. The quantitative estimate of drug-likeness (QED) is 0.589. The first-order valence-corrected chi connectivity index (χ1v) is 8.99. The van der Waals surface area contributed by atoms with Crippen molar-refractivity contribution in [2.24, 2.45) is 35.0 Å². The van der Waals surface area contributed by atoms with Crippen molar-refractivity contribution in [3.05, 3.63) is 24.3 Å². The number of rotatable bonds is 4. The van der Waals surface area contributed by atoms with Crippen LogP contribution in [0.1, 0.15) is 65.7 Å². The Morgan fingerprint density at radius 1 is 1.00 bits per heavy atom. The minimum absolute atomic E-state index is 0.539. The van der Waals surface area contributed by atoms with Crippen LogP contribution in [0.15, 0.2) is 24.3 Å². The third-order valence-corrected chi connectivity index (χ3v) is 6.81. The monoisotopic (exact) mass is 272 g/mol. The van der Waals surface area contributed by atoms with Gasteiger partial charge in [-0.15, -0.1) is 0 Å². The molecule has 3 rings (SSSR count). The van der Waals surface area contributed by atoms with Crippen molar-refractivity contribution in [3.8, 4) is 0 Å². The summed E-state index contributed by atoms with van der Waals surface area (Å²) >= 11 is 0. The van der Waals surface area contributed by atoms with E-state index in [4.69, 9.17) is 0 Å². The van der Waals surface area contributed by atoms with Crippen molar-refractivity contribution < 1.29 is 0 Å². The molecule has 0 aliphatic heterocycles. The van der Waals surface area contributed by atoms with Gasteiger partial charge in [0.05, 0.1) is 0 Å². The molecule has 0 aromatic rings. The Kier molecular flexibility index (Phi) is 4.11. The molecule has 20 heavy (non-hydrogen) atoms. The van der Waals surface area contributed by atoms with E-state index in [0.29, 0.717) is 5.41 Å². The number of hydrogen-bond donors (Lipinski definition) is 0. The van der Waals surface area contributed by atoms with Gasteiger partial charge in [-0.05, 0) is 54.3 Å². The second-order valence-electron chi connectivity index (χ2n) is 8.12. The van der Waals surface area contributed by atoms with Crippen LogP contribution in [-0.2, 0) is 0 Å². The first-order chi connectivity index (χ1) is 9.64. The number of fused-ring (bicyclic) bond motifs is 1. The lowest BCUT2D eigenvalue weighted by Gasteiger charge is -2.41. The van der Waals surface area contributed by atoms with Gasteiger partial charge in [-0.25, -0.2) is 0 Å². The van der Waals surface area contributed by atoms with E-state index < -0.39 is 0 Å². The van der Waals surface area contributed by atoms with E-state index in [2.05, 4.69) is 45.1 Å². The lowest BCUT2D eigenvalue weighted by molar-refractivity contribution is 0.0949. The van der Waals surface area contributed by atoms with Crippen LogP contribution < -0.4 is 0 Å². The molecule has 0 aromatic heterocycles. The highest BCUT2D eigenvalue weighted by molar-refractivity contribution is 5.20. The summed E-state index contributed by atoms with van der Waals surface area (Å²) in [7, 11) is 0. The second kappa shape index (κ2) is 5.70. The molecule has 0 bridgehead atoms. The van der Waals surface area contributed by atoms with E-state index >= 15 is 0 Å². The molecule has 4 atom stereocenters. The second-order valence-corrected chi connectivity index (χ2v) is 8.12. The van der Waals surface area contributed by atoms with Gasteiger partial charge in [0.15, 0.2) is 0 Å². The van der Waals surface area contributed by atoms with Crippen molar-refractivity contribution in [3.63, 3.8) is 0 Å². The standard InChI is InChI=1S/C20H32/c1-4-9-15-14-19(18-13-8-7-12-17(15)18)20(2,3)16-10-5-6-11-16/h7-8,12-13,15-19H,4-6,9-11,14H2,1-3H3. The molecular weight excluding hydrogens is 240 g/mol. The maximum absolute atomic E-state index is 2.59. The highest BCUT2D eigenvalue weighted by Gasteiger charge is 2.49. The lowest BCUT2D eigenvalue weighted by atomic mass is 9.64. The topological polar surface area (TPSA) is 0 Å². The van der Waals surface area contributed by atoms with Crippen LogP contribution in [0.3, 0.4) is 0 Å². The molecule has 0 heteroatoms. The molecule has 2 saturated carbocycles. The van der Waals surface area contributed by atoms with Gasteiger partial charge >= 0.3 is 0 Å². The smallest absolute Gasteiger partial charge is 0.0131 e. The fraction of sp³-hybridized carbons (Fsp3) is 0.800. The molecule has 4 unspecified atom stereocenters. The fourth-order valence-electron chi connectivity index (χ4n) is 5.61. The Morgan fingerprint density at radius 2 is 1.65 bits per heavy atom. The maximum atomic E-state index is 2.59. The number of allylic oxidation sites excluding steroid dienone is 4. The highest BCUT2D eigenvalue weighted by Crippen LogP contribution is 2.57. The Balaban J connectivity index is 1.81. The molecule has 3 aliphatic rings. The minimum atomic E-state index is 0.539. The van der Waals surface area contributed by atoms with E-state index in [1.165, 1.54) is 44.9 Å². The Hall–Kier alpha value is -0.520. The fourth-order valence-corrected chi connectivity index (χ4v) is 5.61. The molecule has 0 aromatic carbocycles. The normalized spacial score (nSPS) is 37.5. The Morgan fingerprint density at radius 3 is 2.30 bits per heavy atom. The van der Waals surface area contributed by atoms with E-state index in [1.54, 1.807) is 0 Å². The summed E-state index contributed by atoms with van der Waals surface area (Å²) in [4.78, 5) is 0. The SMILES string of the molecule is CCCC1CC(C(C)(C)C2CCCC2)C2C=CC=CC12. The summed E-state index contributed by atoms with van der Waals surface area (Å²) in [6, 6.07) is 0. The lowest BCUT2D eigenvalue weighted by Crippen LogP contribution is -2.34. The van der Waals surface area contributed by atoms with Gasteiger partial charge in [-0.3, -0.25) is 0 Å². The van der Waals surface area contributed by atoms with Gasteiger partial charge in [-0.2, -0.15) is 0 Å². The van der Waals surface area contributed by atoms with Gasteiger partial charge in [0, 0.05) is 0 Å². The first-order valence-electron chi connectivity index (χ1n) is 8.99. The van der Waals surface area contributed by atoms with Crippen LogP contribution in [0.5, 0.6) is 0 Å².